The van der Waals surface area contributed by atoms with Gasteiger partial charge in [-0.3, -0.25) is 9.69 Å². The number of aryl methyl sites for hydroxylation is 1. The molecular formula is C21H25N3O2S2. The lowest BCUT2D eigenvalue weighted by atomic mass is 10.2. The van der Waals surface area contributed by atoms with Crippen LogP contribution in [0.15, 0.2) is 35.2 Å². The van der Waals surface area contributed by atoms with Gasteiger partial charge in [0.15, 0.2) is 0 Å². The third-order valence-electron chi connectivity index (χ3n) is 5.02. The van der Waals surface area contributed by atoms with Crippen molar-refractivity contribution in [2.24, 2.45) is 0 Å². The minimum Gasteiger partial charge on any atom is -0.379 e. The zero-order valence-electron chi connectivity index (χ0n) is 16.2. The molecule has 0 aliphatic carbocycles. The first-order chi connectivity index (χ1) is 13.6. The van der Waals surface area contributed by atoms with E-state index in [9.17, 15) is 4.79 Å². The highest BCUT2D eigenvalue weighted by Crippen LogP contribution is 2.32. The number of thiophene rings is 1. The number of fused-ring (bicyclic) bond motifs is 1. The maximum atomic E-state index is 13.0. The van der Waals surface area contributed by atoms with E-state index in [1.54, 1.807) is 23.1 Å². The SMILES string of the molecule is CSc1ccc(CNC(=O)c2[nH]c3cc(C)sc3c2CN2CCOCC2)cc1. The number of hydrogen-bond acceptors (Lipinski definition) is 5. The van der Waals surface area contributed by atoms with E-state index in [2.05, 4.69) is 58.7 Å². The lowest BCUT2D eigenvalue weighted by Gasteiger charge is -2.26. The number of nitrogens with one attached hydrogen (secondary N) is 2. The Bertz CT molecular complexity index is 956. The standard InChI is InChI=1S/C21H25N3O2S2/c1-14-11-18-20(28-14)17(13-24-7-9-26-10-8-24)19(23-18)21(25)22-12-15-3-5-16(27-2)6-4-15/h3-6,11,23H,7-10,12-13H2,1-2H3,(H,22,25). The molecule has 1 aliphatic rings. The molecule has 0 atom stereocenters. The van der Waals surface area contributed by atoms with Crippen LogP contribution in [0.4, 0.5) is 0 Å². The summed E-state index contributed by atoms with van der Waals surface area (Å²) in [6.07, 6.45) is 2.06. The van der Waals surface area contributed by atoms with E-state index in [0.717, 1.165) is 49.5 Å². The van der Waals surface area contributed by atoms with E-state index >= 15 is 0 Å². The summed E-state index contributed by atoms with van der Waals surface area (Å²) < 4.78 is 6.66. The zero-order valence-corrected chi connectivity index (χ0v) is 17.8. The summed E-state index contributed by atoms with van der Waals surface area (Å²) in [5.74, 6) is -0.0433. The highest BCUT2D eigenvalue weighted by Gasteiger charge is 2.22. The van der Waals surface area contributed by atoms with Gasteiger partial charge in [0, 0.05) is 41.5 Å². The van der Waals surface area contributed by atoms with Crippen molar-refractivity contribution in [1.82, 2.24) is 15.2 Å². The molecule has 4 rings (SSSR count). The van der Waals surface area contributed by atoms with Crippen LogP contribution in [0.2, 0.25) is 0 Å². The summed E-state index contributed by atoms with van der Waals surface area (Å²) in [5, 5.41) is 3.08. The van der Waals surface area contributed by atoms with Gasteiger partial charge in [0.2, 0.25) is 0 Å². The van der Waals surface area contributed by atoms with E-state index in [-0.39, 0.29) is 5.91 Å². The number of aromatic amines is 1. The molecule has 2 N–H and O–H groups in total. The number of nitrogens with zero attached hydrogens (tertiary/aromatic N) is 1. The number of carbonyl (C=O) groups is 1. The van der Waals surface area contributed by atoms with Crippen molar-refractivity contribution in [2.45, 2.75) is 24.9 Å². The molecule has 1 aliphatic heterocycles. The number of H-pyrrole nitrogens is 1. The number of amides is 1. The first kappa shape index (κ1) is 19.5. The van der Waals surface area contributed by atoms with Gasteiger partial charge in [-0.15, -0.1) is 23.1 Å². The Morgan fingerprint density at radius 1 is 1.29 bits per heavy atom. The second kappa shape index (κ2) is 8.69. The molecule has 7 heteroatoms. The molecule has 3 heterocycles. The molecule has 0 radical (unpaired) electrons. The van der Waals surface area contributed by atoms with E-state index in [4.69, 9.17) is 4.74 Å². The summed E-state index contributed by atoms with van der Waals surface area (Å²) in [5.41, 5.74) is 3.95. The van der Waals surface area contributed by atoms with Gasteiger partial charge < -0.3 is 15.0 Å². The highest BCUT2D eigenvalue weighted by atomic mass is 32.2. The van der Waals surface area contributed by atoms with Gasteiger partial charge in [0.05, 0.1) is 23.4 Å². The molecule has 0 spiro atoms. The third kappa shape index (κ3) is 4.27. The lowest BCUT2D eigenvalue weighted by molar-refractivity contribution is 0.0342. The van der Waals surface area contributed by atoms with Gasteiger partial charge in [-0.05, 0) is 36.9 Å². The maximum Gasteiger partial charge on any atom is 0.268 e. The Morgan fingerprint density at radius 3 is 2.75 bits per heavy atom. The van der Waals surface area contributed by atoms with E-state index in [0.29, 0.717) is 12.2 Å². The van der Waals surface area contributed by atoms with Gasteiger partial charge >= 0.3 is 0 Å². The average molecular weight is 416 g/mol. The summed E-state index contributed by atoms with van der Waals surface area (Å²) >= 11 is 3.47. The van der Waals surface area contributed by atoms with Crippen LogP contribution in [-0.4, -0.2) is 48.4 Å². The van der Waals surface area contributed by atoms with Crippen LogP contribution in [0.3, 0.4) is 0 Å². The number of carbonyl (C=O) groups excluding carboxylic acids is 1. The molecule has 1 amide bonds. The van der Waals surface area contributed by atoms with Gasteiger partial charge in [0.25, 0.3) is 5.91 Å². The molecule has 28 heavy (non-hydrogen) atoms. The predicted molar refractivity (Wildman–Crippen MR) is 116 cm³/mol. The van der Waals surface area contributed by atoms with Gasteiger partial charge in [-0.1, -0.05) is 12.1 Å². The summed E-state index contributed by atoms with van der Waals surface area (Å²) in [6, 6.07) is 10.4. The second-order valence-corrected chi connectivity index (χ2v) is 9.13. The number of aromatic nitrogens is 1. The maximum absolute atomic E-state index is 13.0. The fourth-order valence-electron chi connectivity index (χ4n) is 3.50. The molecule has 148 valence electrons. The first-order valence-electron chi connectivity index (χ1n) is 9.46. The van der Waals surface area contributed by atoms with Gasteiger partial charge in [0.1, 0.15) is 5.69 Å². The molecule has 1 saturated heterocycles. The number of hydrogen-bond donors (Lipinski definition) is 2. The molecule has 0 saturated carbocycles. The number of thioether (sulfide) groups is 1. The minimum atomic E-state index is -0.0433. The number of benzene rings is 1. The smallest absolute Gasteiger partial charge is 0.268 e. The second-order valence-electron chi connectivity index (χ2n) is 7.00. The van der Waals surface area contributed by atoms with Crippen molar-refractivity contribution in [2.75, 3.05) is 32.6 Å². The summed E-state index contributed by atoms with van der Waals surface area (Å²) in [7, 11) is 0. The van der Waals surface area contributed by atoms with Crippen LogP contribution in [0.25, 0.3) is 10.2 Å². The summed E-state index contributed by atoms with van der Waals surface area (Å²) in [4.78, 5) is 21.2. The Balaban J connectivity index is 1.53. The van der Waals surface area contributed by atoms with Crippen molar-refractivity contribution in [3.8, 4) is 0 Å². The van der Waals surface area contributed by atoms with Gasteiger partial charge in [-0.2, -0.15) is 0 Å². The molecule has 1 aromatic carbocycles. The molecule has 0 bridgehead atoms. The Labute approximate surface area is 173 Å². The number of morpholine rings is 1. The number of ether oxygens (including phenoxy) is 1. The molecule has 2 aromatic heterocycles. The molecular weight excluding hydrogens is 390 g/mol. The third-order valence-corrected chi connectivity index (χ3v) is 6.87. The molecule has 0 unspecified atom stereocenters. The fraction of sp³-hybridized carbons (Fsp3) is 0.381. The van der Waals surface area contributed by atoms with E-state index < -0.39 is 0 Å². The van der Waals surface area contributed by atoms with Crippen molar-refractivity contribution >= 4 is 39.2 Å². The normalized spacial score (nSPS) is 15.2. The summed E-state index contributed by atoms with van der Waals surface area (Å²) in [6.45, 7) is 6.72. The average Bonchev–Trinajstić information content (AvgIpc) is 3.24. The fourth-order valence-corrected chi connectivity index (χ4v) is 4.91. The monoisotopic (exact) mass is 415 g/mol. The van der Waals surface area contributed by atoms with Crippen LogP contribution < -0.4 is 5.32 Å². The van der Waals surface area contributed by atoms with Crippen molar-refractivity contribution in [3.05, 3.63) is 52.0 Å². The Morgan fingerprint density at radius 2 is 2.04 bits per heavy atom. The van der Waals surface area contributed by atoms with Crippen molar-refractivity contribution in [3.63, 3.8) is 0 Å². The molecule has 5 nitrogen and oxygen atoms in total. The molecule has 1 fully saturated rings. The van der Waals surface area contributed by atoms with E-state index in [1.165, 1.54) is 14.5 Å². The molecule has 3 aromatic rings. The zero-order chi connectivity index (χ0) is 19.5. The van der Waals surface area contributed by atoms with E-state index in [1.807, 2.05) is 0 Å². The van der Waals surface area contributed by atoms with Crippen LogP contribution in [0.1, 0.15) is 26.5 Å². The van der Waals surface area contributed by atoms with Crippen LogP contribution in [0.5, 0.6) is 0 Å². The van der Waals surface area contributed by atoms with Crippen LogP contribution in [0, 0.1) is 6.92 Å². The lowest BCUT2D eigenvalue weighted by Crippen LogP contribution is -2.36. The Kier molecular flexibility index (Phi) is 6.06. The van der Waals surface area contributed by atoms with Crippen molar-refractivity contribution in [1.29, 1.82) is 0 Å². The quantitative estimate of drug-likeness (QED) is 0.597. The van der Waals surface area contributed by atoms with Gasteiger partial charge in [-0.25, -0.2) is 0 Å². The largest absolute Gasteiger partial charge is 0.379 e. The van der Waals surface area contributed by atoms with Crippen LogP contribution in [-0.2, 0) is 17.8 Å². The minimum absolute atomic E-state index is 0.0433. The predicted octanol–water partition coefficient (Wildman–Crippen LogP) is 4.02. The Hall–Kier alpha value is -1.80. The highest BCUT2D eigenvalue weighted by molar-refractivity contribution is 7.98. The first-order valence-corrected chi connectivity index (χ1v) is 11.5. The number of rotatable bonds is 6. The van der Waals surface area contributed by atoms with Crippen molar-refractivity contribution < 1.29 is 9.53 Å². The van der Waals surface area contributed by atoms with Crippen LogP contribution >= 0.6 is 23.1 Å². The topological polar surface area (TPSA) is 57.4 Å².